The molecule has 0 spiro atoms. The van der Waals surface area contributed by atoms with E-state index < -0.39 is 0 Å². The molecule has 0 atom stereocenters. The summed E-state index contributed by atoms with van der Waals surface area (Å²) in [5, 5.41) is 4.01. The fourth-order valence-electron chi connectivity index (χ4n) is 6.83. The molecule has 5 aromatic carbocycles. The summed E-state index contributed by atoms with van der Waals surface area (Å²) in [6.45, 7) is 0. The smallest absolute Gasteiger partial charge is 0.164 e. The van der Waals surface area contributed by atoms with Gasteiger partial charge in [0.15, 0.2) is 17.5 Å². The molecule has 7 heteroatoms. The quantitative estimate of drug-likeness (QED) is 0.171. The fourth-order valence-corrected chi connectivity index (χ4v) is 6.83. The van der Waals surface area contributed by atoms with Gasteiger partial charge in [0.05, 0.1) is 11.0 Å². The molecule has 0 aliphatic carbocycles. The number of hydrogen-bond acceptors (Lipinski definition) is 7. The van der Waals surface area contributed by atoms with Crippen molar-refractivity contribution in [3.8, 4) is 56.4 Å². The molecule has 0 saturated heterocycles. The van der Waals surface area contributed by atoms with E-state index in [1.165, 1.54) is 0 Å². The number of hydrogen-bond donors (Lipinski definition) is 0. The van der Waals surface area contributed by atoms with Gasteiger partial charge in [0.25, 0.3) is 0 Å². The zero-order chi connectivity index (χ0) is 33.7. The van der Waals surface area contributed by atoms with Gasteiger partial charge in [0, 0.05) is 63.0 Å². The summed E-state index contributed by atoms with van der Waals surface area (Å²) in [5.74, 6) is 1.79. The van der Waals surface area contributed by atoms with Gasteiger partial charge in [-0.2, -0.15) is 0 Å². The van der Waals surface area contributed by atoms with Crippen molar-refractivity contribution in [1.29, 1.82) is 0 Å². The zero-order valence-corrected chi connectivity index (χ0v) is 27.1. The van der Waals surface area contributed by atoms with Crippen LogP contribution in [0.1, 0.15) is 0 Å². The molecule has 51 heavy (non-hydrogen) atoms. The van der Waals surface area contributed by atoms with Crippen LogP contribution >= 0.6 is 0 Å². The largest absolute Gasteiger partial charge is 0.456 e. The number of benzene rings is 5. The number of rotatable bonds is 5. The van der Waals surface area contributed by atoms with Crippen molar-refractivity contribution in [3.05, 3.63) is 158 Å². The van der Waals surface area contributed by atoms with Crippen LogP contribution in [0.5, 0.6) is 0 Å². The van der Waals surface area contributed by atoms with Crippen LogP contribution in [0.15, 0.2) is 163 Å². The van der Waals surface area contributed by atoms with E-state index in [0.717, 1.165) is 82.7 Å². The minimum Gasteiger partial charge on any atom is -0.456 e. The van der Waals surface area contributed by atoms with Crippen LogP contribution in [0, 0.1) is 0 Å². The molecular weight excluding hydrogens is 629 g/mol. The second-order valence-corrected chi connectivity index (χ2v) is 12.4. The Hall–Kier alpha value is -7.12. The van der Waals surface area contributed by atoms with Gasteiger partial charge in [-0.25, -0.2) is 15.0 Å². The van der Waals surface area contributed by atoms with Gasteiger partial charge in [-0.3, -0.25) is 15.0 Å². The molecule has 10 aromatic rings. The third kappa shape index (κ3) is 5.07. The zero-order valence-electron chi connectivity index (χ0n) is 27.1. The van der Waals surface area contributed by atoms with Gasteiger partial charge < -0.3 is 4.42 Å². The van der Waals surface area contributed by atoms with Crippen LogP contribution in [0.4, 0.5) is 0 Å². The Morgan fingerprint density at radius 2 is 1.04 bits per heavy atom. The topological polar surface area (TPSA) is 90.5 Å². The molecule has 0 saturated carbocycles. The average molecular weight is 655 g/mol. The predicted octanol–water partition coefficient (Wildman–Crippen LogP) is 10.6. The summed E-state index contributed by atoms with van der Waals surface area (Å²) in [4.78, 5) is 29.0. The Kier molecular flexibility index (Phi) is 6.67. The van der Waals surface area contributed by atoms with Gasteiger partial charge in [-0.1, -0.05) is 78.9 Å². The number of furan rings is 1. The standard InChI is InChI=1S/C44H26N6O/c1-3-9-27(10-4-1)42-48-43(28-11-5-2-6-12-28)50-44(49-42)33-22-31(29-15-16-38-36(24-29)37-26-45-20-17-39(37)51-38)21-32(23-33)35-25-30-13-7-18-46-40(30)41-34(35)14-8-19-47-41/h1-26H. The van der Waals surface area contributed by atoms with E-state index in [-0.39, 0.29) is 0 Å². The maximum atomic E-state index is 6.15. The van der Waals surface area contributed by atoms with Crippen molar-refractivity contribution < 1.29 is 4.42 Å². The lowest BCUT2D eigenvalue weighted by molar-refractivity contribution is 0.668. The molecule has 5 heterocycles. The predicted molar refractivity (Wildman–Crippen MR) is 203 cm³/mol. The highest BCUT2D eigenvalue weighted by Gasteiger charge is 2.18. The summed E-state index contributed by atoms with van der Waals surface area (Å²) < 4.78 is 6.15. The third-order valence-electron chi connectivity index (χ3n) is 9.27. The van der Waals surface area contributed by atoms with Crippen LogP contribution in [0.3, 0.4) is 0 Å². The molecule has 0 unspecified atom stereocenters. The van der Waals surface area contributed by atoms with Crippen LogP contribution in [-0.2, 0) is 0 Å². The molecule has 0 fully saturated rings. The summed E-state index contributed by atoms with van der Waals surface area (Å²) in [7, 11) is 0. The van der Waals surface area contributed by atoms with E-state index in [0.29, 0.717) is 17.5 Å². The van der Waals surface area contributed by atoms with Gasteiger partial charge >= 0.3 is 0 Å². The lowest BCUT2D eigenvalue weighted by Crippen LogP contribution is -2.00. The molecule has 7 nitrogen and oxygen atoms in total. The first-order valence-corrected chi connectivity index (χ1v) is 16.7. The van der Waals surface area contributed by atoms with Crippen LogP contribution < -0.4 is 0 Å². The highest BCUT2D eigenvalue weighted by molar-refractivity contribution is 6.11. The van der Waals surface area contributed by atoms with Crippen molar-refractivity contribution in [3.63, 3.8) is 0 Å². The van der Waals surface area contributed by atoms with Crippen LogP contribution in [0.2, 0.25) is 0 Å². The number of aromatic nitrogens is 6. The van der Waals surface area contributed by atoms with Crippen LogP contribution in [0.25, 0.3) is 100 Å². The average Bonchev–Trinajstić information content (AvgIpc) is 3.59. The van der Waals surface area contributed by atoms with Crippen molar-refractivity contribution in [2.45, 2.75) is 0 Å². The molecule has 0 bridgehead atoms. The highest BCUT2D eigenvalue weighted by Crippen LogP contribution is 2.39. The molecular formula is C44H26N6O. The maximum Gasteiger partial charge on any atom is 0.164 e. The molecule has 0 aliphatic rings. The monoisotopic (exact) mass is 654 g/mol. The van der Waals surface area contributed by atoms with Crippen LogP contribution in [-0.4, -0.2) is 29.9 Å². The first-order valence-electron chi connectivity index (χ1n) is 16.7. The lowest BCUT2D eigenvalue weighted by Gasteiger charge is -2.14. The van der Waals surface area contributed by atoms with E-state index >= 15 is 0 Å². The molecule has 0 radical (unpaired) electrons. The minimum atomic E-state index is 0.578. The molecule has 0 aliphatic heterocycles. The Morgan fingerprint density at radius 1 is 0.392 bits per heavy atom. The molecule has 5 aromatic heterocycles. The first kappa shape index (κ1) is 28.9. The van der Waals surface area contributed by atoms with Crippen molar-refractivity contribution >= 4 is 43.7 Å². The Labute approximate surface area is 292 Å². The number of fused-ring (bicyclic) bond motifs is 6. The molecule has 0 N–H and O–H groups in total. The fraction of sp³-hybridized carbons (Fsp3) is 0. The van der Waals surface area contributed by atoms with Gasteiger partial charge in [0.2, 0.25) is 0 Å². The van der Waals surface area contributed by atoms with E-state index in [9.17, 15) is 0 Å². The number of nitrogens with zero attached hydrogens (tertiary/aromatic N) is 6. The normalized spacial score (nSPS) is 11.5. The summed E-state index contributed by atoms with van der Waals surface area (Å²) >= 11 is 0. The summed E-state index contributed by atoms with van der Waals surface area (Å²) in [6, 6.07) is 45.2. The number of pyridine rings is 3. The van der Waals surface area contributed by atoms with E-state index in [4.69, 9.17) is 29.3 Å². The van der Waals surface area contributed by atoms with Crippen molar-refractivity contribution in [2.75, 3.05) is 0 Å². The maximum absolute atomic E-state index is 6.15. The molecule has 238 valence electrons. The van der Waals surface area contributed by atoms with Crippen molar-refractivity contribution in [2.24, 2.45) is 0 Å². The molecule has 0 amide bonds. The SMILES string of the molecule is c1ccc(-c2nc(-c3ccccc3)nc(-c3cc(-c4ccc5oc6ccncc6c5c4)cc(-c4cc5cccnc5c5ncccc45)c3)n2)cc1. The second-order valence-electron chi connectivity index (χ2n) is 12.4. The Balaban J connectivity index is 1.25. The van der Waals surface area contributed by atoms with Gasteiger partial charge in [0.1, 0.15) is 11.2 Å². The summed E-state index contributed by atoms with van der Waals surface area (Å²) in [5.41, 5.74) is 10.1. The van der Waals surface area contributed by atoms with E-state index in [1.54, 1.807) is 6.20 Å². The Morgan fingerprint density at radius 3 is 1.80 bits per heavy atom. The Bertz CT molecular complexity index is 2870. The lowest BCUT2D eigenvalue weighted by atomic mass is 9.92. The molecule has 10 rings (SSSR count). The first-order chi connectivity index (χ1) is 25.2. The van der Waals surface area contributed by atoms with Gasteiger partial charge in [-0.05, 0) is 76.9 Å². The van der Waals surface area contributed by atoms with Crippen molar-refractivity contribution in [1.82, 2.24) is 29.9 Å². The highest BCUT2D eigenvalue weighted by atomic mass is 16.3. The van der Waals surface area contributed by atoms with E-state index in [1.807, 2.05) is 104 Å². The van der Waals surface area contributed by atoms with E-state index in [2.05, 4.69) is 53.5 Å². The third-order valence-corrected chi connectivity index (χ3v) is 9.27. The second kappa shape index (κ2) is 11.8. The van der Waals surface area contributed by atoms with Gasteiger partial charge in [-0.15, -0.1) is 0 Å². The summed E-state index contributed by atoms with van der Waals surface area (Å²) in [6.07, 6.45) is 7.25. The minimum absolute atomic E-state index is 0.578.